The Kier molecular flexibility index (Phi) is 3.82. The highest BCUT2D eigenvalue weighted by Gasteiger charge is 2.07. The second kappa shape index (κ2) is 5.38. The summed E-state index contributed by atoms with van der Waals surface area (Å²) in [6.45, 7) is 0.475. The maximum Gasteiger partial charge on any atom is 0.123 e. The molecule has 0 saturated carbocycles. The van der Waals surface area contributed by atoms with Crippen molar-refractivity contribution in [2.24, 2.45) is 0 Å². The normalized spacial score (nSPS) is 11.3. The lowest BCUT2D eigenvalue weighted by Gasteiger charge is -2.22. The second-order valence-corrected chi connectivity index (χ2v) is 5.52. The van der Waals surface area contributed by atoms with E-state index in [4.69, 9.17) is 0 Å². The Morgan fingerprint density at radius 2 is 1.84 bits per heavy atom. The van der Waals surface area contributed by atoms with Crippen molar-refractivity contribution in [1.82, 2.24) is 0 Å². The molecule has 0 aliphatic heterocycles. The standard InChI is InChI=1S/C13H12FN2O2S/c14-12-6-1-2-7-13(12)16-19(17,18)11-5-3-4-10(8-11)9-15/h1-8H,9,15H2/q-1/p+1. The van der Waals surface area contributed by atoms with E-state index in [1.165, 1.54) is 36.4 Å². The summed E-state index contributed by atoms with van der Waals surface area (Å²) in [6.07, 6.45) is 0. The lowest BCUT2D eigenvalue weighted by molar-refractivity contribution is -0.386. The van der Waals surface area contributed by atoms with E-state index < -0.39 is 15.8 Å². The van der Waals surface area contributed by atoms with Crippen molar-refractivity contribution in [3.05, 3.63) is 64.6 Å². The van der Waals surface area contributed by atoms with Crippen molar-refractivity contribution < 1.29 is 18.5 Å². The highest BCUT2D eigenvalue weighted by atomic mass is 32.2. The van der Waals surface area contributed by atoms with Crippen LogP contribution in [0.15, 0.2) is 53.4 Å². The SMILES string of the molecule is [NH3+]Cc1cccc(S(=O)(=O)[N-]c2ccccc2F)c1. The molecule has 2 rings (SSSR count). The fourth-order valence-electron chi connectivity index (χ4n) is 1.57. The summed E-state index contributed by atoms with van der Waals surface area (Å²) in [7, 11) is -3.91. The number of quaternary nitrogens is 1. The Bertz CT molecular complexity index is 687. The lowest BCUT2D eigenvalue weighted by atomic mass is 10.2. The molecule has 3 N–H and O–H groups in total. The average Bonchev–Trinajstić information content (AvgIpc) is 2.41. The minimum atomic E-state index is -3.91. The van der Waals surface area contributed by atoms with Crippen LogP contribution in [0.4, 0.5) is 10.1 Å². The van der Waals surface area contributed by atoms with Gasteiger partial charge in [0.25, 0.3) is 0 Å². The molecule has 0 radical (unpaired) electrons. The topological polar surface area (TPSA) is 75.9 Å². The van der Waals surface area contributed by atoms with Gasteiger partial charge >= 0.3 is 0 Å². The van der Waals surface area contributed by atoms with Gasteiger partial charge in [0.15, 0.2) is 0 Å². The van der Waals surface area contributed by atoms with Crippen LogP contribution >= 0.6 is 0 Å². The van der Waals surface area contributed by atoms with E-state index in [0.29, 0.717) is 6.54 Å². The summed E-state index contributed by atoms with van der Waals surface area (Å²) in [4.78, 5) is 0.0388. The molecule has 2 aromatic carbocycles. The Balaban J connectivity index is 2.35. The van der Waals surface area contributed by atoms with Crippen molar-refractivity contribution >= 4 is 15.7 Å². The molecule has 100 valence electrons. The lowest BCUT2D eigenvalue weighted by Crippen LogP contribution is -2.47. The first-order valence-electron chi connectivity index (χ1n) is 5.63. The maximum atomic E-state index is 13.4. The van der Waals surface area contributed by atoms with Crippen molar-refractivity contribution in [3.8, 4) is 0 Å². The number of rotatable bonds is 4. The van der Waals surface area contributed by atoms with Gasteiger partial charge in [0.2, 0.25) is 0 Å². The smallest absolute Gasteiger partial charge is 0.123 e. The number of sulfonamides is 1. The molecule has 0 aromatic heterocycles. The van der Waals surface area contributed by atoms with Gasteiger partial charge in [-0.1, -0.05) is 36.0 Å². The Morgan fingerprint density at radius 3 is 2.53 bits per heavy atom. The average molecular weight is 280 g/mol. The summed E-state index contributed by atoms with van der Waals surface area (Å²) >= 11 is 0. The van der Waals surface area contributed by atoms with Gasteiger partial charge in [-0.2, -0.15) is 0 Å². The molecule has 0 aliphatic rings. The molecular formula is C13H13FN2O2S. The molecule has 0 atom stereocenters. The molecule has 0 saturated heterocycles. The first-order chi connectivity index (χ1) is 9.03. The summed E-state index contributed by atoms with van der Waals surface area (Å²) in [5.74, 6) is -0.667. The zero-order valence-electron chi connectivity index (χ0n) is 10.1. The third-order valence-corrected chi connectivity index (χ3v) is 3.84. The van der Waals surface area contributed by atoms with E-state index in [-0.39, 0.29) is 10.6 Å². The third-order valence-electron chi connectivity index (χ3n) is 2.56. The first-order valence-corrected chi connectivity index (χ1v) is 7.07. The van der Waals surface area contributed by atoms with Crippen LogP contribution < -0.4 is 5.73 Å². The van der Waals surface area contributed by atoms with E-state index in [1.807, 2.05) is 0 Å². The van der Waals surface area contributed by atoms with E-state index in [2.05, 4.69) is 10.5 Å². The predicted octanol–water partition coefficient (Wildman–Crippen LogP) is 1.96. The minimum absolute atomic E-state index is 0.0388. The van der Waals surface area contributed by atoms with Gasteiger partial charge in [-0.3, -0.25) is 0 Å². The Hall–Kier alpha value is -1.92. The molecule has 0 amide bonds. The number of nitrogens with zero attached hydrogens (tertiary/aromatic N) is 1. The third kappa shape index (κ3) is 3.10. The van der Waals surface area contributed by atoms with Crippen molar-refractivity contribution in [2.45, 2.75) is 11.4 Å². The van der Waals surface area contributed by atoms with Crippen LogP contribution in [0.25, 0.3) is 4.72 Å². The summed E-state index contributed by atoms with van der Waals surface area (Å²) < 4.78 is 41.1. The molecule has 0 unspecified atom stereocenters. The van der Waals surface area contributed by atoms with Crippen molar-refractivity contribution in [1.29, 1.82) is 0 Å². The molecule has 19 heavy (non-hydrogen) atoms. The van der Waals surface area contributed by atoms with Crippen LogP contribution in [0.1, 0.15) is 5.56 Å². The molecule has 6 heteroatoms. The van der Waals surface area contributed by atoms with Gasteiger partial charge in [-0.15, -0.1) is 0 Å². The monoisotopic (exact) mass is 280 g/mol. The van der Waals surface area contributed by atoms with Gasteiger partial charge < -0.3 is 10.5 Å². The number of hydrogen-bond donors (Lipinski definition) is 1. The highest BCUT2D eigenvalue weighted by molar-refractivity contribution is 7.94. The zero-order valence-corrected chi connectivity index (χ0v) is 10.9. The van der Waals surface area contributed by atoms with Crippen LogP contribution in [-0.2, 0) is 16.6 Å². The Labute approximate surface area is 111 Å². The largest absolute Gasteiger partial charge is 0.570 e. The van der Waals surface area contributed by atoms with E-state index in [1.54, 1.807) is 12.1 Å². The van der Waals surface area contributed by atoms with Gasteiger partial charge in [-0.05, 0) is 18.2 Å². The van der Waals surface area contributed by atoms with Gasteiger partial charge in [0.05, 0.1) is 11.4 Å². The van der Waals surface area contributed by atoms with Crippen LogP contribution in [0.5, 0.6) is 0 Å². The van der Waals surface area contributed by atoms with Crippen LogP contribution in [-0.4, -0.2) is 8.42 Å². The number of halogens is 1. The fraction of sp³-hybridized carbons (Fsp3) is 0.0769. The molecule has 0 fully saturated rings. The van der Waals surface area contributed by atoms with E-state index in [0.717, 1.165) is 5.56 Å². The fourth-order valence-corrected chi connectivity index (χ4v) is 2.63. The van der Waals surface area contributed by atoms with Gasteiger partial charge in [-0.25, -0.2) is 12.8 Å². The van der Waals surface area contributed by atoms with E-state index >= 15 is 0 Å². The highest BCUT2D eigenvalue weighted by Crippen LogP contribution is 2.29. The van der Waals surface area contributed by atoms with Crippen LogP contribution in [0, 0.1) is 5.82 Å². The first kappa shape index (κ1) is 13.5. The van der Waals surface area contributed by atoms with Crippen molar-refractivity contribution in [2.75, 3.05) is 0 Å². The number of benzene rings is 2. The van der Waals surface area contributed by atoms with Crippen LogP contribution in [0.2, 0.25) is 0 Å². The number of hydrogen-bond acceptors (Lipinski definition) is 2. The van der Waals surface area contributed by atoms with Crippen molar-refractivity contribution in [3.63, 3.8) is 0 Å². The van der Waals surface area contributed by atoms with Gasteiger partial charge in [0, 0.05) is 5.56 Å². The molecule has 0 heterocycles. The summed E-state index contributed by atoms with van der Waals surface area (Å²) in [6, 6.07) is 11.8. The van der Waals surface area contributed by atoms with Gasteiger partial charge in [0.1, 0.15) is 15.8 Å². The molecule has 0 aliphatic carbocycles. The predicted molar refractivity (Wildman–Crippen MR) is 69.6 cm³/mol. The summed E-state index contributed by atoms with van der Waals surface area (Å²) in [5.41, 5.74) is 4.28. The molecule has 4 nitrogen and oxygen atoms in total. The molecule has 0 spiro atoms. The van der Waals surface area contributed by atoms with Crippen LogP contribution in [0.3, 0.4) is 0 Å². The Morgan fingerprint density at radius 1 is 1.11 bits per heavy atom. The maximum absolute atomic E-state index is 13.4. The molecule has 0 bridgehead atoms. The zero-order chi connectivity index (χ0) is 13.9. The molecule has 2 aromatic rings. The van der Waals surface area contributed by atoms with E-state index in [9.17, 15) is 12.8 Å². The quantitative estimate of drug-likeness (QED) is 0.929. The minimum Gasteiger partial charge on any atom is -0.570 e. The summed E-state index contributed by atoms with van der Waals surface area (Å²) in [5, 5.41) is 0. The second-order valence-electron chi connectivity index (χ2n) is 3.92. The molecular weight excluding hydrogens is 267 g/mol.